The van der Waals surface area contributed by atoms with Crippen molar-refractivity contribution in [1.29, 1.82) is 0 Å². The second-order valence-corrected chi connectivity index (χ2v) is 4.91. The summed E-state index contributed by atoms with van der Waals surface area (Å²) in [6, 6.07) is 7.51. The van der Waals surface area contributed by atoms with E-state index in [1.165, 1.54) is 0 Å². The summed E-state index contributed by atoms with van der Waals surface area (Å²) in [6.07, 6.45) is 1.37. The molecule has 1 N–H and O–H groups in total. The van der Waals surface area contributed by atoms with Gasteiger partial charge in [0.05, 0.1) is 20.3 Å². The van der Waals surface area contributed by atoms with E-state index in [1.54, 1.807) is 21.1 Å². The Labute approximate surface area is 126 Å². The third-order valence-corrected chi connectivity index (χ3v) is 3.43. The van der Waals surface area contributed by atoms with Gasteiger partial charge < -0.3 is 19.5 Å². The number of carbonyl (C=O) groups is 1. The van der Waals surface area contributed by atoms with Crippen molar-refractivity contribution in [1.82, 2.24) is 5.32 Å². The van der Waals surface area contributed by atoms with Gasteiger partial charge in [-0.05, 0) is 45.9 Å². The molecule has 1 atom stereocenters. The van der Waals surface area contributed by atoms with Crippen LogP contribution in [-0.2, 0) is 9.53 Å². The molecule has 0 saturated heterocycles. The van der Waals surface area contributed by atoms with Gasteiger partial charge in [-0.25, -0.2) is 0 Å². The molecule has 0 saturated carbocycles. The molecule has 1 aromatic rings. The number of para-hydroxylation sites is 2. The van der Waals surface area contributed by atoms with Crippen molar-refractivity contribution >= 4 is 5.97 Å². The molecule has 0 spiro atoms. The summed E-state index contributed by atoms with van der Waals surface area (Å²) in [5.41, 5.74) is -0.680. The maximum Gasteiger partial charge on any atom is 0.326 e. The number of ether oxygens (including phenoxy) is 3. The summed E-state index contributed by atoms with van der Waals surface area (Å²) in [5.74, 6) is 1.19. The fourth-order valence-corrected chi connectivity index (χ4v) is 1.97. The highest BCUT2D eigenvalue weighted by Gasteiger charge is 2.32. The van der Waals surface area contributed by atoms with Crippen LogP contribution in [0.1, 0.15) is 26.7 Å². The predicted octanol–water partition coefficient (Wildman–Crippen LogP) is 2.40. The number of methoxy groups -OCH3 is 1. The van der Waals surface area contributed by atoms with Crippen molar-refractivity contribution in [2.24, 2.45) is 0 Å². The summed E-state index contributed by atoms with van der Waals surface area (Å²) in [7, 11) is 3.37. The van der Waals surface area contributed by atoms with Gasteiger partial charge in [0.2, 0.25) is 0 Å². The van der Waals surface area contributed by atoms with Crippen LogP contribution in [0.25, 0.3) is 0 Å². The van der Waals surface area contributed by atoms with Crippen LogP contribution in [-0.4, -0.2) is 38.9 Å². The topological polar surface area (TPSA) is 56.8 Å². The van der Waals surface area contributed by atoms with Crippen molar-refractivity contribution in [3.63, 3.8) is 0 Å². The van der Waals surface area contributed by atoms with E-state index in [0.717, 1.165) is 6.42 Å². The molecule has 21 heavy (non-hydrogen) atoms. The van der Waals surface area contributed by atoms with E-state index >= 15 is 0 Å². The first kappa shape index (κ1) is 17.3. The molecule has 0 aliphatic carbocycles. The lowest BCUT2D eigenvalue weighted by Crippen LogP contribution is -2.48. The summed E-state index contributed by atoms with van der Waals surface area (Å²) in [4.78, 5) is 11.9. The van der Waals surface area contributed by atoms with E-state index in [2.05, 4.69) is 5.32 Å². The van der Waals surface area contributed by atoms with Gasteiger partial charge in [-0.15, -0.1) is 0 Å². The highest BCUT2D eigenvalue weighted by atomic mass is 16.5. The number of carbonyl (C=O) groups excluding carboxylic acids is 1. The zero-order valence-corrected chi connectivity index (χ0v) is 13.3. The molecule has 118 valence electrons. The van der Waals surface area contributed by atoms with Gasteiger partial charge >= 0.3 is 5.97 Å². The van der Waals surface area contributed by atoms with Crippen LogP contribution in [0, 0.1) is 0 Å². The van der Waals surface area contributed by atoms with Gasteiger partial charge in [-0.2, -0.15) is 0 Å². The molecule has 0 aliphatic rings. The normalized spacial score (nSPS) is 13.3. The fourth-order valence-electron chi connectivity index (χ4n) is 1.97. The quantitative estimate of drug-likeness (QED) is 0.560. The van der Waals surface area contributed by atoms with Crippen molar-refractivity contribution in [3.8, 4) is 11.5 Å². The molecular weight excluding hydrogens is 270 g/mol. The van der Waals surface area contributed by atoms with E-state index < -0.39 is 5.54 Å². The van der Waals surface area contributed by atoms with Gasteiger partial charge in [0, 0.05) is 0 Å². The van der Waals surface area contributed by atoms with Gasteiger partial charge in [0.15, 0.2) is 11.5 Å². The first-order valence-electron chi connectivity index (χ1n) is 7.19. The van der Waals surface area contributed by atoms with Crippen LogP contribution in [0.5, 0.6) is 11.5 Å². The van der Waals surface area contributed by atoms with Crippen molar-refractivity contribution in [2.45, 2.75) is 32.2 Å². The third kappa shape index (κ3) is 4.93. The number of hydrogen-bond donors (Lipinski definition) is 1. The lowest BCUT2D eigenvalue weighted by Gasteiger charge is -2.26. The van der Waals surface area contributed by atoms with Crippen molar-refractivity contribution < 1.29 is 19.0 Å². The number of nitrogens with one attached hydrogen (secondary N) is 1. The Kier molecular flexibility index (Phi) is 7.02. The largest absolute Gasteiger partial charge is 0.493 e. The van der Waals surface area contributed by atoms with E-state index in [4.69, 9.17) is 14.2 Å². The zero-order chi connectivity index (χ0) is 15.7. The molecule has 0 fully saturated rings. The van der Waals surface area contributed by atoms with Gasteiger partial charge in [0.1, 0.15) is 5.54 Å². The summed E-state index contributed by atoms with van der Waals surface area (Å²) in [6.45, 7) is 4.54. The van der Waals surface area contributed by atoms with Crippen LogP contribution in [0.2, 0.25) is 0 Å². The average molecular weight is 295 g/mol. The molecular formula is C16H25NO4. The number of benzene rings is 1. The molecule has 0 aliphatic heterocycles. The Morgan fingerprint density at radius 1 is 1.29 bits per heavy atom. The lowest BCUT2D eigenvalue weighted by molar-refractivity contribution is -0.150. The van der Waals surface area contributed by atoms with Crippen molar-refractivity contribution in [3.05, 3.63) is 24.3 Å². The molecule has 0 amide bonds. The SMILES string of the molecule is CCOC(=O)C(C)(CCCOc1ccccc1OC)NC. The smallest absolute Gasteiger partial charge is 0.326 e. The third-order valence-electron chi connectivity index (χ3n) is 3.43. The van der Waals surface area contributed by atoms with E-state index in [1.807, 2.05) is 31.2 Å². The molecule has 5 nitrogen and oxygen atoms in total. The van der Waals surface area contributed by atoms with E-state index in [9.17, 15) is 4.79 Å². The van der Waals surface area contributed by atoms with Gasteiger partial charge in [-0.3, -0.25) is 4.79 Å². The Hall–Kier alpha value is -1.75. The maximum absolute atomic E-state index is 11.9. The zero-order valence-electron chi connectivity index (χ0n) is 13.3. The highest BCUT2D eigenvalue weighted by Crippen LogP contribution is 2.26. The lowest BCUT2D eigenvalue weighted by atomic mass is 9.96. The van der Waals surface area contributed by atoms with E-state index in [0.29, 0.717) is 31.1 Å². The number of rotatable bonds is 9. The minimum absolute atomic E-state index is 0.232. The maximum atomic E-state index is 11.9. The minimum atomic E-state index is -0.680. The number of esters is 1. The first-order valence-corrected chi connectivity index (χ1v) is 7.19. The molecule has 1 rings (SSSR count). The first-order chi connectivity index (χ1) is 10.1. The molecule has 1 unspecified atom stereocenters. The van der Waals surface area contributed by atoms with Crippen LogP contribution in [0.15, 0.2) is 24.3 Å². The Bertz CT molecular complexity index is 450. The molecule has 1 aromatic carbocycles. The molecule has 0 heterocycles. The Balaban J connectivity index is 2.47. The molecule has 0 bridgehead atoms. The molecule has 0 radical (unpaired) electrons. The highest BCUT2D eigenvalue weighted by molar-refractivity contribution is 5.80. The second-order valence-electron chi connectivity index (χ2n) is 4.91. The van der Waals surface area contributed by atoms with Crippen LogP contribution in [0.4, 0.5) is 0 Å². The van der Waals surface area contributed by atoms with Gasteiger partial charge in [-0.1, -0.05) is 12.1 Å². The number of hydrogen-bond acceptors (Lipinski definition) is 5. The summed E-state index contributed by atoms with van der Waals surface area (Å²) < 4.78 is 16.0. The average Bonchev–Trinajstić information content (AvgIpc) is 2.51. The second kappa shape index (κ2) is 8.52. The van der Waals surface area contributed by atoms with Crippen LogP contribution >= 0.6 is 0 Å². The molecule has 0 aromatic heterocycles. The van der Waals surface area contributed by atoms with Crippen LogP contribution < -0.4 is 14.8 Å². The van der Waals surface area contributed by atoms with E-state index in [-0.39, 0.29) is 5.97 Å². The van der Waals surface area contributed by atoms with Gasteiger partial charge in [0.25, 0.3) is 0 Å². The Morgan fingerprint density at radius 3 is 2.52 bits per heavy atom. The van der Waals surface area contributed by atoms with Crippen LogP contribution in [0.3, 0.4) is 0 Å². The Morgan fingerprint density at radius 2 is 1.95 bits per heavy atom. The monoisotopic (exact) mass is 295 g/mol. The molecule has 5 heteroatoms. The standard InChI is InChI=1S/C16H25NO4/c1-5-20-15(18)16(2,17-3)11-8-12-21-14-10-7-6-9-13(14)19-4/h6-7,9-10,17H,5,8,11-12H2,1-4H3. The minimum Gasteiger partial charge on any atom is -0.493 e. The summed E-state index contributed by atoms with van der Waals surface area (Å²) >= 11 is 0. The number of likely N-dealkylation sites (N-methyl/N-ethyl adjacent to an activating group) is 1. The predicted molar refractivity (Wildman–Crippen MR) is 81.8 cm³/mol. The fraction of sp³-hybridized carbons (Fsp3) is 0.562. The van der Waals surface area contributed by atoms with Crippen molar-refractivity contribution in [2.75, 3.05) is 27.4 Å². The summed E-state index contributed by atoms with van der Waals surface area (Å²) in [5, 5.41) is 3.03.